The predicted molar refractivity (Wildman–Crippen MR) is 55.2 cm³/mol. The first kappa shape index (κ1) is 9.80. The minimum Gasteiger partial charge on any atom is -0.478 e. The van der Waals surface area contributed by atoms with Gasteiger partial charge in [0.25, 0.3) is 0 Å². The molecule has 0 aliphatic rings. The van der Waals surface area contributed by atoms with Crippen LogP contribution in [0.25, 0.3) is 6.08 Å². The summed E-state index contributed by atoms with van der Waals surface area (Å²) in [6.45, 7) is 0. The van der Waals surface area contributed by atoms with Gasteiger partial charge < -0.3 is 10.8 Å². The fourth-order valence-electron chi connectivity index (χ4n) is 0.858. The summed E-state index contributed by atoms with van der Waals surface area (Å²) in [5.74, 6) is -0.977. The third kappa shape index (κ3) is 2.59. The molecule has 0 amide bonds. The summed E-state index contributed by atoms with van der Waals surface area (Å²) in [7, 11) is 0. The van der Waals surface area contributed by atoms with E-state index in [1.54, 1.807) is 18.2 Å². The van der Waals surface area contributed by atoms with Crippen molar-refractivity contribution in [2.45, 2.75) is 0 Å². The van der Waals surface area contributed by atoms with Crippen molar-refractivity contribution >= 4 is 33.7 Å². The van der Waals surface area contributed by atoms with E-state index in [1.807, 2.05) is 0 Å². The second-order valence-electron chi connectivity index (χ2n) is 2.42. The molecule has 0 fully saturated rings. The fourth-order valence-corrected chi connectivity index (χ4v) is 1.25. The molecule has 0 radical (unpaired) electrons. The van der Waals surface area contributed by atoms with Crippen LogP contribution in [0, 0.1) is 0 Å². The maximum atomic E-state index is 10.2. The number of nitrogens with two attached hydrogens (primary N) is 1. The van der Waals surface area contributed by atoms with E-state index in [0.717, 1.165) is 11.6 Å². The Kier molecular flexibility index (Phi) is 3.08. The van der Waals surface area contributed by atoms with E-state index >= 15 is 0 Å². The van der Waals surface area contributed by atoms with Gasteiger partial charge in [0.2, 0.25) is 0 Å². The predicted octanol–water partition coefficient (Wildman–Crippen LogP) is 2.13. The summed E-state index contributed by atoms with van der Waals surface area (Å²) in [5, 5.41) is 8.40. The van der Waals surface area contributed by atoms with Crippen molar-refractivity contribution in [1.82, 2.24) is 0 Å². The molecule has 0 aliphatic carbocycles. The highest BCUT2D eigenvalue weighted by molar-refractivity contribution is 9.10. The zero-order valence-electron chi connectivity index (χ0n) is 6.70. The molecule has 0 saturated heterocycles. The number of rotatable bonds is 2. The third-order valence-corrected chi connectivity index (χ3v) is 2.38. The highest BCUT2D eigenvalue weighted by Crippen LogP contribution is 2.24. The average molecular weight is 242 g/mol. The first-order valence-corrected chi connectivity index (χ1v) is 4.35. The number of hydrogen-bond acceptors (Lipinski definition) is 2. The first-order valence-electron chi connectivity index (χ1n) is 3.56. The van der Waals surface area contributed by atoms with Gasteiger partial charge in [-0.25, -0.2) is 4.79 Å². The van der Waals surface area contributed by atoms with Crippen LogP contribution in [0.4, 0.5) is 5.69 Å². The van der Waals surface area contributed by atoms with Gasteiger partial charge in [0.1, 0.15) is 0 Å². The number of nitrogen functional groups attached to an aromatic ring is 1. The summed E-state index contributed by atoms with van der Waals surface area (Å²) in [5.41, 5.74) is 6.94. The molecule has 3 N–H and O–H groups in total. The Labute approximate surface area is 84.0 Å². The number of benzene rings is 1. The molecule has 0 saturated carbocycles. The Balaban J connectivity index is 3.02. The summed E-state index contributed by atoms with van der Waals surface area (Å²) >= 11 is 3.26. The van der Waals surface area contributed by atoms with Crippen molar-refractivity contribution in [3.63, 3.8) is 0 Å². The van der Waals surface area contributed by atoms with Crippen molar-refractivity contribution in [3.05, 3.63) is 34.3 Å². The summed E-state index contributed by atoms with van der Waals surface area (Å²) in [4.78, 5) is 10.2. The maximum absolute atomic E-state index is 10.2. The molecule has 0 aromatic heterocycles. The number of carbonyl (C=O) groups is 1. The average Bonchev–Trinajstić information content (AvgIpc) is 2.07. The van der Waals surface area contributed by atoms with Crippen LogP contribution in [0.2, 0.25) is 0 Å². The number of carboxylic acids is 1. The summed E-state index contributed by atoms with van der Waals surface area (Å²) in [6, 6.07) is 5.28. The lowest BCUT2D eigenvalue weighted by molar-refractivity contribution is -0.131. The quantitative estimate of drug-likeness (QED) is 0.616. The second kappa shape index (κ2) is 4.09. The molecule has 1 aromatic carbocycles. The standard InChI is InChI=1S/C9H8BrNO2/c10-9-6(4-5-8(12)13)2-1-3-7(9)11/h1-5H,11H2,(H,12,13)/b5-4+. The van der Waals surface area contributed by atoms with E-state index in [-0.39, 0.29) is 0 Å². The Morgan fingerprint density at radius 2 is 2.23 bits per heavy atom. The maximum Gasteiger partial charge on any atom is 0.328 e. The van der Waals surface area contributed by atoms with Gasteiger partial charge in [-0.05, 0) is 33.6 Å². The highest BCUT2D eigenvalue weighted by atomic mass is 79.9. The van der Waals surface area contributed by atoms with Crippen LogP contribution in [-0.2, 0) is 4.79 Å². The van der Waals surface area contributed by atoms with Crippen molar-refractivity contribution in [2.24, 2.45) is 0 Å². The minimum atomic E-state index is -0.977. The van der Waals surface area contributed by atoms with E-state index in [4.69, 9.17) is 10.8 Å². The van der Waals surface area contributed by atoms with Crippen LogP contribution >= 0.6 is 15.9 Å². The number of aliphatic carboxylic acids is 1. The zero-order chi connectivity index (χ0) is 9.84. The normalized spacial score (nSPS) is 10.5. The third-order valence-electron chi connectivity index (χ3n) is 1.46. The lowest BCUT2D eigenvalue weighted by Crippen LogP contribution is -1.89. The molecule has 1 rings (SSSR count). The lowest BCUT2D eigenvalue weighted by Gasteiger charge is -2.00. The Hall–Kier alpha value is -1.29. The van der Waals surface area contributed by atoms with Crippen molar-refractivity contribution in [1.29, 1.82) is 0 Å². The van der Waals surface area contributed by atoms with E-state index in [0.29, 0.717) is 10.2 Å². The molecular weight excluding hydrogens is 234 g/mol. The van der Waals surface area contributed by atoms with E-state index in [9.17, 15) is 4.79 Å². The topological polar surface area (TPSA) is 63.3 Å². The van der Waals surface area contributed by atoms with Crippen LogP contribution < -0.4 is 5.73 Å². The van der Waals surface area contributed by atoms with E-state index in [2.05, 4.69) is 15.9 Å². The number of hydrogen-bond donors (Lipinski definition) is 2. The molecule has 4 heteroatoms. The fraction of sp³-hybridized carbons (Fsp3) is 0. The molecule has 0 spiro atoms. The van der Waals surface area contributed by atoms with Gasteiger partial charge in [0.05, 0.1) is 0 Å². The van der Waals surface area contributed by atoms with Crippen LogP contribution in [0.3, 0.4) is 0 Å². The van der Waals surface area contributed by atoms with Gasteiger partial charge in [-0.2, -0.15) is 0 Å². The second-order valence-corrected chi connectivity index (χ2v) is 3.22. The minimum absolute atomic E-state index is 0.590. The van der Waals surface area contributed by atoms with Crippen molar-refractivity contribution < 1.29 is 9.90 Å². The number of carboxylic acid groups (broad SMARTS) is 1. The lowest BCUT2D eigenvalue weighted by atomic mass is 10.2. The smallest absolute Gasteiger partial charge is 0.328 e. The number of halogens is 1. The van der Waals surface area contributed by atoms with Crippen LogP contribution in [-0.4, -0.2) is 11.1 Å². The molecule has 13 heavy (non-hydrogen) atoms. The molecule has 0 aliphatic heterocycles. The SMILES string of the molecule is Nc1cccc(/C=C/C(=O)O)c1Br. The molecule has 0 unspecified atom stereocenters. The van der Waals surface area contributed by atoms with Crippen LogP contribution in [0.5, 0.6) is 0 Å². The van der Waals surface area contributed by atoms with E-state index < -0.39 is 5.97 Å². The molecule has 3 nitrogen and oxygen atoms in total. The summed E-state index contributed by atoms with van der Waals surface area (Å²) < 4.78 is 0.715. The highest BCUT2D eigenvalue weighted by Gasteiger charge is 1.99. The first-order chi connectivity index (χ1) is 6.11. The molecule has 68 valence electrons. The largest absolute Gasteiger partial charge is 0.478 e. The molecule has 1 aromatic rings. The van der Waals surface area contributed by atoms with Crippen LogP contribution in [0.15, 0.2) is 28.7 Å². The number of anilines is 1. The monoisotopic (exact) mass is 241 g/mol. The Morgan fingerprint density at radius 3 is 2.85 bits per heavy atom. The van der Waals surface area contributed by atoms with Gasteiger partial charge >= 0.3 is 5.97 Å². The van der Waals surface area contributed by atoms with Crippen molar-refractivity contribution in [3.8, 4) is 0 Å². The van der Waals surface area contributed by atoms with Gasteiger partial charge in [0, 0.05) is 16.2 Å². The Morgan fingerprint density at radius 1 is 1.54 bits per heavy atom. The zero-order valence-corrected chi connectivity index (χ0v) is 8.28. The Bertz CT molecular complexity index is 361. The summed E-state index contributed by atoms with van der Waals surface area (Å²) in [6.07, 6.45) is 2.56. The van der Waals surface area contributed by atoms with Gasteiger partial charge in [-0.15, -0.1) is 0 Å². The molecule has 0 bridgehead atoms. The van der Waals surface area contributed by atoms with Crippen molar-refractivity contribution in [2.75, 3.05) is 5.73 Å². The van der Waals surface area contributed by atoms with E-state index in [1.165, 1.54) is 6.08 Å². The molecule has 0 atom stereocenters. The van der Waals surface area contributed by atoms with Crippen LogP contribution in [0.1, 0.15) is 5.56 Å². The molecular formula is C9H8BrNO2. The molecule has 0 heterocycles. The van der Waals surface area contributed by atoms with Gasteiger partial charge in [0.15, 0.2) is 0 Å². The van der Waals surface area contributed by atoms with Gasteiger partial charge in [-0.3, -0.25) is 0 Å². The van der Waals surface area contributed by atoms with Gasteiger partial charge in [-0.1, -0.05) is 12.1 Å².